The van der Waals surface area contributed by atoms with Crippen molar-refractivity contribution in [1.29, 1.82) is 0 Å². The second-order valence-electron chi connectivity index (χ2n) is 11.7. The van der Waals surface area contributed by atoms with Gasteiger partial charge in [-0.3, -0.25) is 9.78 Å². The molecule has 1 amide bonds. The number of hydrogen-bond acceptors (Lipinski definition) is 4. The monoisotopic (exact) mass is 695 g/mol. The van der Waals surface area contributed by atoms with Gasteiger partial charge in [0.15, 0.2) is 0 Å². The molecule has 2 radical (unpaired) electrons. The van der Waals surface area contributed by atoms with Gasteiger partial charge in [0.05, 0.1) is 6.61 Å². The molecule has 0 unspecified atom stereocenters. The largest absolute Gasteiger partial charge is 0.383 e. The van der Waals surface area contributed by atoms with Gasteiger partial charge in [-0.05, 0) is 66.4 Å². The van der Waals surface area contributed by atoms with Crippen LogP contribution < -0.4 is 0 Å². The predicted molar refractivity (Wildman–Crippen MR) is 176 cm³/mol. The Balaban J connectivity index is 0.00000276. The first-order chi connectivity index (χ1) is 20.6. The SMILES string of the molecule is C=Cc1c(C)c2cc3nc(c(CC(=O)N(C)CCOC)c4nc(cc5[nH]c(cc1[nH]2)c(C)c5CC)C(C)=[C-]4)[C@@H](C[CH2-])[C@@H]3C.[Co].[Co]. The van der Waals surface area contributed by atoms with Crippen molar-refractivity contribution in [2.45, 2.75) is 65.7 Å². The number of carbonyl (C=O) groups excluding carboxylic acids is 1. The molecule has 2 aliphatic rings. The van der Waals surface area contributed by atoms with Gasteiger partial charge in [0, 0.05) is 99.9 Å². The molecule has 2 atom stereocenters. The molecule has 3 aromatic heterocycles. The number of aromatic nitrogens is 4. The van der Waals surface area contributed by atoms with Crippen molar-refractivity contribution in [2.24, 2.45) is 0 Å². The Morgan fingerprint density at radius 1 is 1.07 bits per heavy atom. The second-order valence-corrected chi connectivity index (χ2v) is 11.7. The van der Waals surface area contributed by atoms with Crippen LogP contribution in [0.3, 0.4) is 0 Å². The molecular formula is C36H43Co2N5O2-2. The van der Waals surface area contributed by atoms with E-state index in [-0.39, 0.29) is 57.7 Å². The van der Waals surface area contributed by atoms with Crippen LogP contribution in [0.5, 0.6) is 0 Å². The number of hydrogen-bond donors (Lipinski definition) is 2. The summed E-state index contributed by atoms with van der Waals surface area (Å²) in [4.78, 5) is 32.9. The van der Waals surface area contributed by atoms with Crippen molar-refractivity contribution >= 4 is 39.6 Å². The molecule has 0 aromatic carbocycles. The van der Waals surface area contributed by atoms with Crippen molar-refractivity contribution in [1.82, 2.24) is 24.8 Å². The number of aromatic amines is 2. The molecule has 9 heteroatoms. The molecule has 5 heterocycles. The molecule has 7 nitrogen and oxygen atoms in total. The first kappa shape index (κ1) is 36.5. The summed E-state index contributed by atoms with van der Waals surface area (Å²) in [6, 6.07) is 6.43. The van der Waals surface area contributed by atoms with E-state index in [1.807, 2.05) is 20.0 Å². The maximum atomic E-state index is 13.5. The fourth-order valence-electron chi connectivity index (χ4n) is 6.31. The minimum absolute atomic E-state index is 0. The molecule has 0 spiro atoms. The summed E-state index contributed by atoms with van der Waals surface area (Å²) in [6.45, 7) is 20.1. The van der Waals surface area contributed by atoms with E-state index in [0.29, 0.717) is 25.3 Å². The van der Waals surface area contributed by atoms with Crippen LogP contribution in [-0.2, 0) is 55.9 Å². The Hall–Kier alpha value is -2.96. The number of nitrogens with zero attached hydrogens (tertiary/aromatic N) is 3. The minimum Gasteiger partial charge on any atom is -0.383 e. The van der Waals surface area contributed by atoms with Gasteiger partial charge in [-0.2, -0.15) is 12.5 Å². The summed E-state index contributed by atoms with van der Waals surface area (Å²) in [5.41, 5.74) is 13.8. The molecule has 3 aromatic rings. The molecule has 45 heavy (non-hydrogen) atoms. The number of allylic oxidation sites excluding steroid dienone is 1. The number of methoxy groups -OCH3 is 1. The summed E-state index contributed by atoms with van der Waals surface area (Å²) < 4.78 is 5.22. The normalized spacial score (nSPS) is 15.6. The Bertz CT molecular complexity index is 1790. The van der Waals surface area contributed by atoms with E-state index in [9.17, 15) is 4.79 Å². The standard InChI is InChI=1S/C36H43N5O2.2Co/c1-10-24-22(6)30-19-34-25(11-2)21(5)29(38-34)18-31-23(7)26(12-3)36(40-31)27(16-35(42)41(8)13-14-43-9)32-15-20(4)28(37-32)17-33(24)39-30;;/h11,17-19,23,26,38-39H,2-3,10,12-14,16H2,1,4-9H3;;/q-2;;/t23-,26-;;/m0../s1. The molecule has 244 valence electrons. The topological polar surface area (TPSA) is 86.9 Å². The molecule has 8 bridgehead atoms. The molecule has 2 aliphatic heterocycles. The number of nitrogens with one attached hydrogen (secondary N) is 2. The minimum atomic E-state index is -0.00875. The van der Waals surface area contributed by atoms with Gasteiger partial charge < -0.3 is 31.5 Å². The molecule has 2 N–H and O–H groups in total. The summed E-state index contributed by atoms with van der Waals surface area (Å²) in [5.74, 6) is 0.154. The van der Waals surface area contributed by atoms with Gasteiger partial charge >= 0.3 is 0 Å². The number of likely N-dealkylation sites (N-methyl/N-ethyl adjacent to an activating group) is 1. The van der Waals surface area contributed by atoms with Crippen molar-refractivity contribution in [2.75, 3.05) is 27.3 Å². The molecule has 0 saturated heterocycles. The van der Waals surface area contributed by atoms with Crippen LogP contribution in [0.2, 0.25) is 0 Å². The summed E-state index contributed by atoms with van der Waals surface area (Å²) >= 11 is 0. The van der Waals surface area contributed by atoms with E-state index < -0.39 is 0 Å². The molecular weight excluding hydrogens is 652 g/mol. The second kappa shape index (κ2) is 15.1. The van der Waals surface area contributed by atoms with Crippen LogP contribution in [0.15, 0.2) is 24.8 Å². The predicted octanol–water partition coefficient (Wildman–Crippen LogP) is 7.15. The first-order valence-corrected chi connectivity index (χ1v) is 15.1. The maximum Gasteiger partial charge on any atom is 0.215 e. The molecule has 0 saturated carbocycles. The van der Waals surface area contributed by atoms with Gasteiger partial charge in [0.25, 0.3) is 0 Å². The summed E-state index contributed by atoms with van der Waals surface area (Å²) in [6.07, 6.45) is 7.13. The maximum absolute atomic E-state index is 13.5. The van der Waals surface area contributed by atoms with Gasteiger partial charge in [0.2, 0.25) is 5.91 Å². The fourth-order valence-corrected chi connectivity index (χ4v) is 6.31. The average molecular weight is 696 g/mol. The fraction of sp³-hybridized carbons (Fsp3) is 0.389. The summed E-state index contributed by atoms with van der Waals surface area (Å²) in [7, 11) is 3.45. The zero-order valence-corrected chi connectivity index (χ0v) is 29.3. The van der Waals surface area contributed by atoms with Gasteiger partial charge in [-0.15, -0.1) is 5.57 Å². The Morgan fingerprint density at radius 2 is 1.76 bits per heavy atom. The van der Waals surface area contributed by atoms with Crippen LogP contribution in [0.1, 0.15) is 89.6 Å². The third-order valence-electron chi connectivity index (χ3n) is 9.12. The summed E-state index contributed by atoms with van der Waals surface area (Å²) in [5, 5.41) is 0. The van der Waals surface area contributed by atoms with E-state index >= 15 is 0 Å². The van der Waals surface area contributed by atoms with Crippen LogP contribution in [0.25, 0.3) is 33.7 Å². The van der Waals surface area contributed by atoms with Crippen LogP contribution in [0.4, 0.5) is 0 Å². The molecule has 0 aliphatic carbocycles. The number of aryl methyl sites for hydroxylation is 3. The van der Waals surface area contributed by atoms with Crippen LogP contribution in [0, 0.1) is 26.8 Å². The molecule has 0 fully saturated rings. The number of amides is 1. The van der Waals surface area contributed by atoms with E-state index in [0.717, 1.165) is 67.8 Å². The quantitative estimate of drug-likeness (QED) is 0.245. The number of fused-ring (bicyclic) bond motifs is 8. The van der Waals surface area contributed by atoms with Crippen molar-refractivity contribution in [3.8, 4) is 0 Å². The number of rotatable bonds is 8. The molecule has 5 rings (SSSR count). The van der Waals surface area contributed by atoms with Gasteiger partial charge in [-0.25, -0.2) is 0 Å². The van der Waals surface area contributed by atoms with E-state index in [4.69, 9.17) is 14.7 Å². The Morgan fingerprint density at radius 3 is 2.40 bits per heavy atom. The Kier molecular flexibility index (Phi) is 12.2. The Labute approximate surface area is 287 Å². The van der Waals surface area contributed by atoms with E-state index in [2.05, 4.69) is 75.4 Å². The van der Waals surface area contributed by atoms with Crippen molar-refractivity contribution < 1.29 is 43.1 Å². The average Bonchev–Trinajstić information content (AvgIpc) is 3.68. The smallest absolute Gasteiger partial charge is 0.215 e. The van der Waals surface area contributed by atoms with Crippen LogP contribution >= 0.6 is 0 Å². The van der Waals surface area contributed by atoms with Crippen LogP contribution in [-0.4, -0.2) is 58.1 Å². The number of carbonyl (C=O) groups is 1. The van der Waals surface area contributed by atoms with Gasteiger partial charge in [-0.1, -0.05) is 50.7 Å². The van der Waals surface area contributed by atoms with Crippen molar-refractivity contribution in [3.63, 3.8) is 0 Å². The number of H-pyrrole nitrogens is 2. The third kappa shape index (κ3) is 6.93. The van der Waals surface area contributed by atoms with Crippen molar-refractivity contribution in [3.05, 3.63) is 88.4 Å². The zero-order valence-electron chi connectivity index (χ0n) is 27.2. The van der Waals surface area contributed by atoms with Gasteiger partial charge in [0.1, 0.15) is 0 Å². The zero-order chi connectivity index (χ0) is 31.0. The third-order valence-corrected chi connectivity index (χ3v) is 9.12. The van der Waals surface area contributed by atoms with E-state index in [1.165, 1.54) is 11.1 Å². The number of ether oxygens (including phenoxy) is 1. The first-order valence-electron chi connectivity index (χ1n) is 15.1. The van der Waals surface area contributed by atoms with E-state index in [1.54, 1.807) is 12.0 Å².